The number of carbonyl (C=O) groups excluding carboxylic acids is 1. The third-order valence-corrected chi connectivity index (χ3v) is 4.67. The van der Waals surface area contributed by atoms with Gasteiger partial charge in [-0.25, -0.2) is 8.78 Å². The van der Waals surface area contributed by atoms with E-state index in [0.29, 0.717) is 44.3 Å². The molecule has 4 nitrogen and oxygen atoms in total. The number of nitrogens with zero attached hydrogens (tertiary/aromatic N) is 2. The molecule has 1 saturated carbocycles. The molecule has 2 fully saturated rings. The first kappa shape index (κ1) is 16.2. The summed E-state index contributed by atoms with van der Waals surface area (Å²) in [4.78, 5) is 16.1. The lowest BCUT2D eigenvalue weighted by Crippen LogP contribution is -2.50. The molecule has 0 radical (unpaired) electrons. The van der Waals surface area contributed by atoms with Crippen LogP contribution in [0.5, 0.6) is 0 Å². The monoisotopic (exact) mass is 323 g/mol. The molecular formula is C17H23F2N3O. The van der Waals surface area contributed by atoms with Crippen LogP contribution >= 0.6 is 0 Å². The molecule has 126 valence electrons. The normalized spacial score (nSPS) is 20.4. The van der Waals surface area contributed by atoms with Crippen molar-refractivity contribution in [3.05, 3.63) is 29.8 Å². The van der Waals surface area contributed by atoms with E-state index in [9.17, 15) is 13.6 Å². The summed E-state index contributed by atoms with van der Waals surface area (Å²) in [7, 11) is 0. The van der Waals surface area contributed by atoms with E-state index in [1.165, 1.54) is 25.0 Å². The highest BCUT2D eigenvalue weighted by Crippen LogP contribution is 2.32. The number of hydrogen-bond acceptors (Lipinski definition) is 3. The molecule has 0 aromatic heterocycles. The van der Waals surface area contributed by atoms with Gasteiger partial charge in [-0.05, 0) is 37.8 Å². The Hall–Kier alpha value is -1.69. The maximum absolute atomic E-state index is 13.3. The third kappa shape index (κ3) is 4.41. The molecule has 1 heterocycles. The van der Waals surface area contributed by atoms with Crippen LogP contribution in [0.15, 0.2) is 18.2 Å². The molecule has 1 N–H and O–H groups in total. The molecule has 1 unspecified atom stereocenters. The summed E-state index contributed by atoms with van der Waals surface area (Å²) in [6, 6.07) is 3.84. The molecule has 1 saturated heterocycles. The zero-order valence-electron chi connectivity index (χ0n) is 13.4. The first-order valence-electron chi connectivity index (χ1n) is 8.24. The minimum atomic E-state index is -0.559. The quantitative estimate of drug-likeness (QED) is 0.900. The van der Waals surface area contributed by atoms with Gasteiger partial charge in [-0.15, -0.1) is 0 Å². The number of halogens is 2. The molecule has 1 atom stereocenters. The fraction of sp³-hybridized carbons (Fsp3) is 0.588. The van der Waals surface area contributed by atoms with Crippen molar-refractivity contribution in [2.45, 2.75) is 25.8 Å². The Kier molecular flexibility index (Phi) is 4.80. The standard InChI is InChI=1S/C17H23F2N3O/c1-12(13-2-3-13)20-17(23)11-21-4-6-22(7-5-21)16-9-14(18)8-15(19)10-16/h8-10,12-13H,2-7,11H2,1H3,(H,20,23). The number of amides is 1. The molecule has 1 aromatic carbocycles. The van der Waals surface area contributed by atoms with Crippen LogP contribution in [0.25, 0.3) is 0 Å². The van der Waals surface area contributed by atoms with Gasteiger partial charge >= 0.3 is 0 Å². The molecule has 1 aliphatic carbocycles. The SMILES string of the molecule is CC(NC(=O)CN1CCN(c2cc(F)cc(F)c2)CC1)C1CC1. The zero-order valence-corrected chi connectivity index (χ0v) is 13.4. The molecule has 6 heteroatoms. The van der Waals surface area contributed by atoms with Crippen molar-refractivity contribution in [3.8, 4) is 0 Å². The fourth-order valence-electron chi connectivity index (χ4n) is 3.10. The van der Waals surface area contributed by atoms with Gasteiger partial charge in [0.25, 0.3) is 0 Å². The van der Waals surface area contributed by atoms with E-state index in [4.69, 9.17) is 0 Å². The first-order valence-corrected chi connectivity index (χ1v) is 8.24. The van der Waals surface area contributed by atoms with Crippen LogP contribution < -0.4 is 10.2 Å². The topological polar surface area (TPSA) is 35.6 Å². The van der Waals surface area contributed by atoms with Crippen molar-refractivity contribution >= 4 is 11.6 Å². The molecule has 0 bridgehead atoms. The van der Waals surface area contributed by atoms with Gasteiger partial charge in [0.15, 0.2) is 0 Å². The number of carbonyl (C=O) groups is 1. The molecule has 2 aliphatic rings. The summed E-state index contributed by atoms with van der Waals surface area (Å²) < 4.78 is 26.6. The predicted molar refractivity (Wildman–Crippen MR) is 85.3 cm³/mol. The number of hydrogen-bond donors (Lipinski definition) is 1. The van der Waals surface area contributed by atoms with Gasteiger partial charge in [-0.2, -0.15) is 0 Å². The van der Waals surface area contributed by atoms with Gasteiger partial charge in [0.1, 0.15) is 11.6 Å². The lowest BCUT2D eigenvalue weighted by molar-refractivity contribution is -0.123. The highest BCUT2D eigenvalue weighted by molar-refractivity contribution is 5.78. The van der Waals surface area contributed by atoms with Crippen molar-refractivity contribution in [1.29, 1.82) is 0 Å². The summed E-state index contributed by atoms with van der Waals surface area (Å²) in [6.45, 7) is 5.20. The van der Waals surface area contributed by atoms with Crippen LogP contribution in [0.1, 0.15) is 19.8 Å². The van der Waals surface area contributed by atoms with Gasteiger partial charge in [0.2, 0.25) is 5.91 Å². The van der Waals surface area contributed by atoms with E-state index in [1.807, 2.05) is 4.90 Å². The highest BCUT2D eigenvalue weighted by atomic mass is 19.1. The minimum Gasteiger partial charge on any atom is -0.369 e. The van der Waals surface area contributed by atoms with Crippen molar-refractivity contribution in [3.63, 3.8) is 0 Å². The Bertz CT molecular complexity index is 549. The highest BCUT2D eigenvalue weighted by Gasteiger charge is 2.29. The van der Waals surface area contributed by atoms with Crippen LogP contribution in [0, 0.1) is 17.6 Å². The van der Waals surface area contributed by atoms with Gasteiger partial charge < -0.3 is 10.2 Å². The molecule has 0 spiro atoms. The Morgan fingerprint density at radius 1 is 1.17 bits per heavy atom. The summed E-state index contributed by atoms with van der Waals surface area (Å²) in [5, 5.41) is 3.05. The van der Waals surface area contributed by atoms with Crippen molar-refractivity contribution in [2.24, 2.45) is 5.92 Å². The predicted octanol–water partition coefficient (Wildman–Crippen LogP) is 2.00. The lowest BCUT2D eigenvalue weighted by atomic mass is 10.2. The summed E-state index contributed by atoms with van der Waals surface area (Å²) in [5.74, 6) is -0.403. The summed E-state index contributed by atoms with van der Waals surface area (Å²) in [5.41, 5.74) is 0.564. The molecule has 1 amide bonds. The van der Waals surface area contributed by atoms with Crippen LogP contribution in [-0.4, -0.2) is 49.6 Å². The molecular weight excluding hydrogens is 300 g/mol. The second-order valence-electron chi connectivity index (χ2n) is 6.58. The van der Waals surface area contributed by atoms with Crippen LogP contribution in [-0.2, 0) is 4.79 Å². The molecule has 1 aromatic rings. The van der Waals surface area contributed by atoms with Crippen molar-refractivity contribution in [1.82, 2.24) is 10.2 Å². The maximum atomic E-state index is 13.3. The van der Waals surface area contributed by atoms with E-state index in [2.05, 4.69) is 17.1 Å². The number of rotatable bonds is 5. The van der Waals surface area contributed by atoms with Gasteiger partial charge in [0.05, 0.1) is 6.54 Å². The molecule has 1 aliphatic heterocycles. The average molecular weight is 323 g/mol. The summed E-state index contributed by atoms with van der Waals surface area (Å²) >= 11 is 0. The molecule has 3 rings (SSSR count). The van der Waals surface area contributed by atoms with Crippen molar-refractivity contribution < 1.29 is 13.6 Å². The molecule has 23 heavy (non-hydrogen) atoms. The van der Waals surface area contributed by atoms with E-state index < -0.39 is 11.6 Å². The number of piperazine rings is 1. The van der Waals surface area contributed by atoms with E-state index in [1.54, 1.807) is 0 Å². The van der Waals surface area contributed by atoms with E-state index in [0.717, 1.165) is 6.07 Å². The Balaban J connectivity index is 1.47. The summed E-state index contributed by atoms with van der Waals surface area (Å²) in [6.07, 6.45) is 2.43. The van der Waals surface area contributed by atoms with Crippen LogP contribution in [0.2, 0.25) is 0 Å². The smallest absolute Gasteiger partial charge is 0.234 e. The van der Waals surface area contributed by atoms with Crippen LogP contribution in [0.4, 0.5) is 14.5 Å². The third-order valence-electron chi connectivity index (χ3n) is 4.67. The Labute approximate surface area is 135 Å². The van der Waals surface area contributed by atoms with Gasteiger partial charge in [-0.3, -0.25) is 9.69 Å². The number of anilines is 1. The number of nitrogens with one attached hydrogen (secondary N) is 1. The van der Waals surface area contributed by atoms with Crippen LogP contribution in [0.3, 0.4) is 0 Å². The van der Waals surface area contributed by atoms with E-state index >= 15 is 0 Å². The Morgan fingerprint density at radius 3 is 2.35 bits per heavy atom. The zero-order chi connectivity index (χ0) is 16.4. The second-order valence-corrected chi connectivity index (χ2v) is 6.58. The fourth-order valence-corrected chi connectivity index (χ4v) is 3.10. The maximum Gasteiger partial charge on any atom is 0.234 e. The largest absolute Gasteiger partial charge is 0.369 e. The minimum absolute atomic E-state index is 0.0645. The number of benzene rings is 1. The Morgan fingerprint density at radius 2 is 1.78 bits per heavy atom. The van der Waals surface area contributed by atoms with Crippen molar-refractivity contribution in [2.75, 3.05) is 37.6 Å². The van der Waals surface area contributed by atoms with Gasteiger partial charge in [-0.1, -0.05) is 0 Å². The first-order chi connectivity index (χ1) is 11.0. The lowest BCUT2D eigenvalue weighted by Gasteiger charge is -2.35. The average Bonchev–Trinajstić information content (AvgIpc) is 3.31. The van der Waals surface area contributed by atoms with E-state index in [-0.39, 0.29) is 11.9 Å². The van der Waals surface area contributed by atoms with Gasteiger partial charge in [0, 0.05) is 44.0 Å². The second kappa shape index (κ2) is 6.83.